The summed E-state index contributed by atoms with van der Waals surface area (Å²) < 4.78 is 1.87. The van der Waals surface area contributed by atoms with Crippen LogP contribution in [0.1, 0.15) is 42.1 Å². The van der Waals surface area contributed by atoms with Crippen LogP contribution >= 0.6 is 0 Å². The Balaban J connectivity index is 2.75. The van der Waals surface area contributed by atoms with Gasteiger partial charge in [-0.2, -0.15) is 0 Å². The molecular weight excluding hydrogens is 230 g/mol. The van der Waals surface area contributed by atoms with E-state index in [1.807, 2.05) is 18.4 Å². The molecule has 2 aromatic heterocycles. The quantitative estimate of drug-likeness (QED) is 0.900. The third kappa shape index (κ3) is 1.96. The molecule has 2 heterocycles. The highest BCUT2D eigenvalue weighted by molar-refractivity contribution is 6.03. The maximum absolute atomic E-state index is 11.2. The maximum Gasteiger partial charge on any atom is 0.338 e. The molecule has 0 aliphatic carbocycles. The van der Waals surface area contributed by atoms with Gasteiger partial charge in [0, 0.05) is 19.2 Å². The summed E-state index contributed by atoms with van der Waals surface area (Å²) in [6, 6.07) is 0. The number of hydrogen-bond donors (Lipinski definition) is 1. The molecule has 0 aliphatic rings. The highest BCUT2D eigenvalue weighted by Gasteiger charge is 2.18. The lowest BCUT2D eigenvalue weighted by Crippen LogP contribution is -2.02. The van der Waals surface area contributed by atoms with E-state index in [1.165, 1.54) is 0 Å². The summed E-state index contributed by atoms with van der Waals surface area (Å²) in [5.41, 5.74) is 1.76. The van der Waals surface area contributed by atoms with Crippen molar-refractivity contribution in [2.75, 3.05) is 0 Å². The minimum absolute atomic E-state index is 0.285. The van der Waals surface area contributed by atoms with Crippen LogP contribution in [-0.2, 0) is 13.0 Å². The Labute approximate surface area is 105 Å². The van der Waals surface area contributed by atoms with E-state index in [0.717, 1.165) is 30.0 Å². The van der Waals surface area contributed by atoms with E-state index in [0.29, 0.717) is 11.9 Å². The molecule has 0 spiro atoms. The van der Waals surface area contributed by atoms with Crippen molar-refractivity contribution in [3.63, 3.8) is 0 Å². The first-order valence-corrected chi connectivity index (χ1v) is 6.18. The van der Waals surface area contributed by atoms with Gasteiger partial charge < -0.3 is 9.67 Å². The van der Waals surface area contributed by atoms with Gasteiger partial charge in [-0.1, -0.05) is 6.92 Å². The molecule has 0 aliphatic heterocycles. The van der Waals surface area contributed by atoms with Gasteiger partial charge in [-0.15, -0.1) is 0 Å². The largest absolute Gasteiger partial charge is 0.478 e. The zero-order chi connectivity index (χ0) is 13.3. The molecule has 2 aromatic rings. The van der Waals surface area contributed by atoms with Crippen LogP contribution in [0.15, 0.2) is 6.20 Å². The molecule has 96 valence electrons. The SMILES string of the molecule is CCCc1nc(C)c2c(C(=O)O)cn(CC)c2n1. The van der Waals surface area contributed by atoms with E-state index in [4.69, 9.17) is 0 Å². The van der Waals surface area contributed by atoms with Gasteiger partial charge in [-0.25, -0.2) is 14.8 Å². The van der Waals surface area contributed by atoms with Crippen molar-refractivity contribution in [2.24, 2.45) is 0 Å². The number of aromatic carboxylic acids is 1. The van der Waals surface area contributed by atoms with Crippen LogP contribution in [0.2, 0.25) is 0 Å². The molecule has 0 saturated heterocycles. The number of aryl methyl sites for hydroxylation is 3. The van der Waals surface area contributed by atoms with E-state index in [1.54, 1.807) is 6.20 Å². The zero-order valence-electron chi connectivity index (χ0n) is 10.9. The van der Waals surface area contributed by atoms with Gasteiger partial charge in [0.05, 0.1) is 16.6 Å². The molecule has 5 heteroatoms. The number of hydrogen-bond acceptors (Lipinski definition) is 3. The Kier molecular flexibility index (Phi) is 3.32. The summed E-state index contributed by atoms with van der Waals surface area (Å²) in [6.45, 7) is 6.59. The van der Waals surface area contributed by atoms with Crippen LogP contribution in [0.3, 0.4) is 0 Å². The van der Waals surface area contributed by atoms with E-state index in [2.05, 4.69) is 16.9 Å². The molecule has 1 N–H and O–H groups in total. The number of fused-ring (bicyclic) bond motifs is 1. The summed E-state index contributed by atoms with van der Waals surface area (Å²) in [5.74, 6) is -0.144. The van der Waals surface area contributed by atoms with E-state index in [-0.39, 0.29) is 5.56 Å². The number of rotatable bonds is 4. The second-order valence-corrected chi connectivity index (χ2v) is 4.31. The monoisotopic (exact) mass is 247 g/mol. The fourth-order valence-electron chi connectivity index (χ4n) is 2.16. The van der Waals surface area contributed by atoms with E-state index >= 15 is 0 Å². The number of carboxylic acid groups (broad SMARTS) is 1. The molecule has 0 radical (unpaired) electrons. The number of nitrogens with zero attached hydrogens (tertiary/aromatic N) is 3. The van der Waals surface area contributed by atoms with Crippen LogP contribution in [0.5, 0.6) is 0 Å². The topological polar surface area (TPSA) is 68.0 Å². The van der Waals surface area contributed by atoms with Gasteiger partial charge in [0.25, 0.3) is 0 Å². The second-order valence-electron chi connectivity index (χ2n) is 4.31. The first-order valence-electron chi connectivity index (χ1n) is 6.18. The smallest absolute Gasteiger partial charge is 0.338 e. The average Bonchev–Trinajstić information content (AvgIpc) is 2.68. The number of aromatic nitrogens is 3. The summed E-state index contributed by atoms with van der Waals surface area (Å²) in [5, 5.41) is 9.88. The summed E-state index contributed by atoms with van der Waals surface area (Å²) >= 11 is 0. The summed E-state index contributed by atoms with van der Waals surface area (Å²) in [7, 11) is 0. The van der Waals surface area contributed by atoms with Crippen molar-refractivity contribution < 1.29 is 9.90 Å². The van der Waals surface area contributed by atoms with Gasteiger partial charge in [-0.05, 0) is 20.3 Å². The van der Waals surface area contributed by atoms with Crippen LogP contribution in [0.4, 0.5) is 0 Å². The van der Waals surface area contributed by atoms with Crippen LogP contribution < -0.4 is 0 Å². The van der Waals surface area contributed by atoms with Crippen LogP contribution in [-0.4, -0.2) is 25.6 Å². The Hall–Kier alpha value is -1.91. The van der Waals surface area contributed by atoms with Gasteiger partial charge in [-0.3, -0.25) is 0 Å². The van der Waals surface area contributed by atoms with Crippen molar-refractivity contribution in [3.05, 3.63) is 23.3 Å². The number of carbonyl (C=O) groups is 1. The first kappa shape index (κ1) is 12.5. The molecule has 0 amide bonds. The molecule has 0 fully saturated rings. The molecule has 0 unspecified atom stereocenters. The Morgan fingerprint density at radius 2 is 2.11 bits per heavy atom. The summed E-state index contributed by atoms with van der Waals surface area (Å²) in [4.78, 5) is 20.1. The molecular formula is C13H17N3O2. The zero-order valence-corrected chi connectivity index (χ0v) is 10.9. The van der Waals surface area contributed by atoms with Crippen LogP contribution in [0.25, 0.3) is 11.0 Å². The second kappa shape index (κ2) is 4.76. The molecule has 0 aromatic carbocycles. The molecule has 0 saturated carbocycles. The van der Waals surface area contributed by atoms with E-state index in [9.17, 15) is 9.90 Å². The summed E-state index contributed by atoms with van der Waals surface area (Å²) in [6.07, 6.45) is 3.43. The van der Waals surface area contributed by atoms with Crippen molar-refractivity contribution >= 4 is 17.0 Å². The third-order valence-corrected chi connectivity index (χ3v) is 2.99. The van der Waals surface area contributed by atoms with Gasteiger partial charge in [0.15, 0.2) is 0 Å². The Morgan fingerprint density at radius 3 is 2.67 bits per heavy atom. The fraction of sp³-hybridized carbons (Fsp3) is 0.462. The molecule has 18 heavy (non-hydrogen) atoms. The Bertz CT molecular complexity index is 602. The predicted molar refractivity (Wildman–Crippen MR) is 68.9 cm³/mol. The minimum Gasteiger partial charge on any atom is -0.478 e. The molecule has 5 nitrogen and oxygen atoms in total. The lowest BCUT2D eigenvalue weighted by atomic mass is 10.2. The lowest BCUT2D eigenvalue weighted by molar-refractivity contribution is 0.0698. The van der Waals surface area contributed by atoms with Crippen molar-refractivity contribution in [3.8, 4) is 0 Å². The van der Waals surface area contributed by atoms with Crippen molar-refractivity contribution in [1.29, 1.82) is 0 Å². The molecule has 0 atom stereocenters. The van der Waals surface area contributed by atoms with Crippen LogP contribution in [0, 0.1) is 6.92 Å². The number of carboxylic acids is 1. The fourth-order valence-corrected chi connectivity index (χ4v) is 2.16. The van der Waals surface area contributed by atoms with Crippen molar-refractivity contribution in [1.82, 2.24) is 14.5 Å². The first-order chi connectivity index (χ1) is 8.58. The standard InChI is InChI=1S/C13H17N3O2/c1-4-6-10-14-8(3)11-9(13(17)18)7-16(5-2)12(11)15-10/h7H,4-6H2,1-3H3,(H,17,18). The third-order valence-electron chi connectivity index (χ3n) is 2.99. The lowest BCUT2D eigenvalue weighted by Gasteiger charge is -2.04. The van der Waals surface area contributed by atoms with Gasteiger partial charge >= 0.3 is 5.97 Å². The highest BCUT2D eigenvalue weighted by Crippen LogP contribution is 2.23. The molecule has 0 bridgehead atoms. The molecule has 2 rings (SSSR count). The minimum atomic E-state index is -0.929. The van der Waals surface area contributed by atoms with Crippen molar-refractivity contribution in [2.45, 2.75) is 40.2 Å². The van der Waals surface area contributed by atoms with Gasteiger partial charge in [0.1, 0.15) is 11.5 Å². The maximum atomic E-state index is 11.2. The Morgan fingerprint density at radius 1 is 1.39 bits per heavy atom. The predicted octanol–water partition coefficient (Wildman–Crippen LogP) is 2.41. The normalized spacial score (nSPS) is 11.1. The highest BCUT2D eigenvalue weighted by atomic mass is 16.4. The van der Waals surface area contributed by atoms with Gasteiger partial charge in [0.2, 0.25) is 0 Å². The van der Waals surface area contributed by atoms with E-state index < -0.39 is 5.97 Å². The average molecular weight is 247 g/mol.